The first-order valence-electron chi connectivity index (χ1n) is 8.46. The molecule has 0 bridgehead atoms. The van der Waals surface area contributed by atoms with Crippen LogP contribution in [0.4, 0.5) is 0 Å². The molecule has 2 rings (SSSR count). The molecule has 0 aromatic heterocycles. The smallest absolute Gasteiger partial charge is 0.245 e. The molecule has 7 heteroatoms. The molecule has 0 saturated carbocycles. The van der Waals surface area contributed by atoms with Crippen LogP contribution in [-0.4, -0.2) is 57.2 Å². The Hall–Kier alpha value is -2.70. The lowest BCUT2D eigenvalue weighted by Crippen LogP contribution is -2.47. The van der Waals surface area contributed by atoms with E-state index in [1.54, 1.807) is 33.2 Å². The first kappa shape index (κ1) is 19.6. The Morgan fingerprint density at radius 2 is 1.73 bits per heavy atom. The van der Waals surface area contributed by atoms with Crippen molar-refractivity contribution in [3.05, 3.63) is 23.8 Å². The molecular weight excluding hydrogens is 336 g/mol. The van der Waals surface area contributed by atoms with Crippen LogP contribution < -0.4 is 19.5 Å². The SMILES string of the molecule is COc1cc(OC)c(C2=CCN(C(=O)C(C)NC(C)=O)CC2)c(OC)c1. The summed E-state index contributed by atoms with van der Waals surface area (Å²) >= 11 is 0. The average molecular weight is 362 g/mol. The molecule has 0 spiro atoms. The Morgan fingerprint density at radius 3 is 2.15 bits per heavy atom. The maximum Gasteiger partial charge on any atom is 0.245 e. The van der Waals surface area contributed by atoms with Crippen LogP contribution in [0.25, 0.3) is 5.57 Å². The van der Waals surface area contributed by atoms with Gasteiger partial charge in [0, 0.05) is 32.1 Å². The van der Waals surface area contributed by atoms with E-state index in [4.69, 9.17) is 14.2 Å². The zero-order valence-electron chi connectivity index (χ0n) is 15.9. The predicted molar refractivity (Wildman–Crippen MR) is 98.6 cm³/mol. The minimum absolute atomic E-state index is 0.0934. The number of amides is 2. The van der Waals surface area contributed by atoms with Crippen molar-refractivity contribution in [2.45, 2.75) is 26.3 Å². The minimum Gasteiger partial charge on any atom is -0.496 e. The van der Waals surface area contributed by atoms with Gasteiger partial charge in [-0.1, -0.05) is 6.08 Å². The number of hydrogen-bond acceptors (Lipinski definition) is 5. The minimum atomic E-state index is -0.535. The van der Waals surface area contributed by atoms with Crippen LogP contribution in [0.5, 0.6) is 17.2 Å². The molecule has 1 N–H and O–H groups in total. The molecule has 2 amide bonds. The van der Waals surface area contributed by atoms with Crippen molar-refractivity contribution < 1.29 is 23.8 Å². The molecule has 0 radical (unpaired) electrons. The van der Waals surface area contributed by atoms with Gasteiger partial charge < -0.3 is 24.4 Å². The van der Waals surface area contributed by atoms with Gasteiger partial charge in [-0.05, 0) is 18.9 Å². The van der Waals surface area contributed by atoms with E-state index < -0.39 is 6.04 Å². The quantitative estimate of drug-likeness (QED) is 0.836. The third kappa shape index (κ3) is 4.28. The van der Waals surface area contributed by atoms with Crippen molar-refractivity contribution in [1.29, 1.82) is 0 Å². The highest BCUT2D eigenvalue weighted by atomic mass is 16.5. The normalized spacial score (nSPS) is 15.0. The van der Waals surface area contributed by atoms with Crippen LogP contribution >= 0.6 is 0 Å². The summed E-state index contributed by atoms with van der Waals surface area (Å²) in [5.41, 5.74) is 1.93. The Labute approximate surface area is 153 Å². The fraction of sp³-hybridized carbons (Fsp3) is 0.474. The molecule has 1 aliphatic heterocycles. The van der Waals surface area contributed by atoms with E-state index in [1.165, 1.54) is 6.92 Å². The Kier molecular flexibility index (Phi) is 6.49. The lowest BCUT2D eigenvalue weighted by Gasteiger charge is -2.30. The standard InChI is InChI=1S/C19H26N2O5/c1-12(20-13(2)22)19(23)21-8-6-14(7-9-21)18-16(25-4)10-15(24-3)11-17(18)26-5/h6,10-12H,7-9H2,1-5H3,(H,20,22). The van der Waals surface area contributed by atoms with Gasteiger partial charge in [0.15, 0.2) is 0 Å². The van der Waals surface area contributed by atoms with Crippen LogP contribution in [0, 0.1) is 0 Å². The van der Waals surface area contributed by atoms with Crippen LogP contribution in [0.2, 0.25) is 0 Å². The van der Waals surface area contributed by atoms with Crippen molar-refractivity contribution >= 4 is 17.4 Å². The molecule has 0 fully saturated rings. The van der Waals surface area contributed by atoms with Gasteiger partial charge in [-0.25, -0.2) is 0 Å². The summed E-state index contributed by atoms with van der Waals surface area (Å²) in [6.07, 6.45) is 2.66. The van der Waals surface area contributed by atoms with Gasteiger partial charge in [-0.2, -0.15) is 0 Å². The summed E-state index contributed by atoms with van der Waals surface area (Å²) in [5.74, 6) is 1.67. The van der Waals surface area contributed by atoms with Gasteiger partial charge >= 0.3 is 0 Å². The van der Waals surface area contributed by atoms with Gasteiger partial charge in [0.25, 0.3) is 0 Å². The summed E-state index contributed by atoms with van der Waals surface area (Å²) < 4.78 is 16.3. The number of benzene rings is 1. The first-order chi connectivity index (χ1) is 12.4. The van der Waals surface area contributed by atoms with E-state index in [-0.39, 0.29) is 11.8 Å². The zero-order chi connectivity index (χ0) is 19.3. The largest absolute Gasteiger partial charge is 0.496 e. The van der Waals surface area contributed by atoms with Gasteiger partial charge in [-0.15, -0.1) is 0 Å². The summed E-state index contributed by atoms with van der Waals surface area (Å²) in [6.45, 7) is 4.13. The van der Waals surface area contributed by atoms with E-state index in [0.717, 1.165) is 11.1 Å². The molecule has 0 aliphatic carbocycles. The molecular formula is C19H26N2O5. The van der Waals surface area contributed by atoms with Crippen LogP contribution in [0.15, 0.2) is 18.2 Å². The molecule has 1 aromatic carbocycles. The van der Waals surface area contributed by atoms with E-state index in [2.05, 4.69) is 5.32 Å². The Morgan fingerprint density at radius 1 is 1.12 bits per heavy atom. The number of carbonyl (C=O) groups is 2. The van der Waals surface area contributed by atoms with Gasteiger partial charge in [0.2, 0.25) is 11.8 Å². The van der Waals surface area contributed by atoms with Gasteiger partial charge in [-0.3, -0.25) is 9.59 Å². The topological polar surface area (TPSA) is 77.1 Å². The van der Waals surface area contributed by atoms with E-state index in [9.17, 15) is 9.59 Å². The molecule has 0 saturated heterocycles. The van der Waals surface area contributed by atoms with Crippen LogP contribution in [0.3, 0.4) is 0 Å². The monoisotopic (exact) mass is 362 g/mol. The first-order valence-corrected chi connectivity index (χ1v) is 8.46. The van der Waals surface area contributed by atoms with Crippen molar-refractivity contribution in [2.24, 2.45) is 0 Å². The lowest BCUT2D eigenvalue weighted by molar-refractivity contribution is -0.135. The van der Waals surface area contributed by atoms with Crippen molar-refractivity contribution in [3.63, 3.8) is 0 Å². The highest BCUT2D eigenvalue weighted by Crippen LogP contribution is 2.40. The van der Waals surface area contributed by atoms with E-state index >= 15 is 0 Å². The maximum absolute atomic E-state index is 12.4. The molecule has 1 unspecified atom stereocenters. The average Bonchev–Trinajstić information content (AvgIpc) is 2.65. The summed E-state index contributed by atoms with van der Waals surface area (Å²) in [7, 11) is 4.80. The van der Waals surface area contributed by atoms with Crippen LogP contribution in [-0.2, 0) is 9.59 Å². The van der Waals surface area contributed by atoms with Crippen LogP contribution in [0.1, 0.15) is 25.8 Å². The van der Waals surface area contributed by atoms with E-state index in [0.29, 0.717) is 36.8 Å². The summed E-state index contributed by atoms with van der Waals surface area (Å²) in [5, 5.41) is 2.63. The fourth-order valence-electron chi connectivity index (χ4n) is 3.06. The maximum atomic E-state index is 12.4. The molecule has 26 heavy (non-hydrogen) atoms. The molecule has 1 heterocycles. The Bertz CT molecular complexity index is 689. The third-order valence-corrected chi connectivity index (χ3v) is 4.35. The summed E-state index contributed by atoms with van der Waals surface area (Å²) in [6, 6.07) is 3.09. The second-order valence-corrected chi connectivity index (χ2v) is 6.09. The zero-order valence-corrected chi connectivity index (χ0v) is 15.9. The number of ether oxygens (including phenoxy) is 3. The number of nitrogens with zero attached hydrogens (tertiary/aromatic N) is 1. The Balaban J connectivity index is 2.23. The predicted octanol–water partition coefficient (Wildman–Crippen LogP) is 1.85. The number of carbonyl (C=O) groups excluding carboxylic acids is 2. The second-order valence-electron chi connectivity index (χ2n) is 6.09. The third-order valence-electron chi connectivity index (χ3n) is 4.35. The molecule has 1 atom stereocenters. The number of rotatable bonds is 6. The number of methoxy groups -OCH3 is 3. The fourth-order valence-corrected chi connectivity index (χ4v) is 3.06. The number of nitrogens with one attached hydrogen (secondary N) is 1. The van der Waals surface area contributed by atoms with Gasteiger partial charge in [0.05, 0.1) is 26.9 Å². The summed E-state index contributed by atoms with van der Waals surface area (Å²) in [4.78, 5) is 25.3. The van der Waals surface area contributed by atoms with Crippen molar-refractivity contribution in [2.75, 3.05) is 34.4 Å². The van der Waals surface area contributed by atoms with Crippen molar-refractivity contribution in [1.82, 2.24) is 10.2 Å². The van der Waals surface area contributed by atoms with Gasteiger partial charge in [0.1, 0.15) is 23.3 Å². The lowest BCUT2D eigenvalue weighted by atomic mass is 9.97. The number of hydrogen-bond donors (Lipinski definition) is 1. The molecule has 142 valence electrons. The molecule has 1 aliphatic rings. The highest BCUT2D eigenvalue weighted by molar-refractivity contribution is 5.87. The highest BCUT2D eigenvalue weighted by Gasteiger charge is 2.25. The van der Waals surface area contributed by atoms with E-state index in [1.807, 2.05) is 18.2 Å². The molecule has 7 nitrogen and oxygen atoms in total. The van der Waals surface area contributed by atoms with Crippen molar-refractivity contribution in [3.8, 4) is 17.2 Å². The molecule has 1 aromatic rings. The second kappa shape index (κ2) is 8.60.